The molecule has 1 saturated heterocycles. The predicted octanol–water partition coefficient (Wildman–Crippen LogP) is 4.15. The zero-order chi connectivity index (χ0) is 35.8. The van der Waals surface area contributed by atoms with E-state index in [0.717, 1.165) is 22.3 Å². The first-order valence-corrected chi connectivity index (χ1v) is 17.3. The molecule has 1 heterocycles. The number of aliphatic hydroxyl groups is 4. The van der Waals surface area contributed by atoms with Crippen molar-refractivity contribution in [2.75, 3.05) is 6.61 Å². The fraction of sp³-hybridized carbons (Fsp3) is 0.390. The van der Waals surface area contributed by atoms with Crippen molar-refractivity contribution in [3.05, 3.63) is 144 Å². The fourth-order valence-corrected chi connectivity index (χ4v) is 6.13. The van der Waals surface area contributed by atoms with E-state index in [4.69, 9.17) is 23.7 Å². The third-order valence-electron chi connectivity index (χ3n) is 8.96. The van der Waals surface area contributed by atoms with Gasteiger partial charge in [-0.25, -0.2) is 0 Å². The van der Waals surface area contributed by atoms with Crippen molar-refractivity contribution in [1.82, 2.24) is 0 Å². The largest absolute Gasteiger partial charge is 0.390 e. The van der Waals surface area contributed by atoms with E-state index in [9.17, 15) is 25.2 Å². The number of carbonyl (C=O) groups excluding carboxylic acids is 1. The van der Waals surface area contributed by atoms with Gasteiger partial charge in [0.25, 0.3) is 0 Å². The van der Waals surface area contributed by atoms with Crippen LogP contribution in [0.5, 0.6) is 0 Å². The van der Waals surface area contributed by atoms with Crippen molar-refractivity contribution >= 4 is 6.29 Å². The molecule has 5 rings (SSSR count). The Labute approximate surface area is 299 Å². The number of hydrogen-bond donors (Lipinski definition) is 4. The van der Waals surface area contributed by atoms with Gasteiger partial charge in [0.2, 0.25) is 0 Å². The van der Waals surface area contributed by atoms with Crippen LogP contribution in [0, 0.1) is 0 Å². The highest BCUT2D eigenvalue weighted by molar-refractivity contribution is 5.56. The number of benzene rings is 4. The molecule has 0 unspecified atom stereocenters. The summed E-state index contributed by atoms with van der Waals surface area (Å²) in [7, 11) is 0. The van der Waals surface area contributed by atoms with Crippen LogP contribution >= 0.6 is 0 Å². The van der Waals surface area contributed by atoms with Crippen LogP contribution in [-0.4, -0.2) is 88.3 Å². The highest BCUT2D eigenvalue weighted by atomic mass is 16.6. The van der Waals surface area contributed by atoms with Gasteiger partial charge in [-0.15, -0.1) is 0 Å². The summed E-state index contributed by atoms with van der Waals surface area (Å²) in [6.45, 7) is 1.31. The number of carbonyl (C=O) groups is 1. The molecule has 1 aliphatic heterocycles. The SMILES string of the molecule is O=C[C@H](O)[C@@H](O)[C@@H](O)[C@H](O)CC[C@H]1O[C@H](COCc2ccccc2)[C@@H](OCc2ccccc2)[C@H](OCc2ccccc2)[C@H]1OCc1ccccc1. The molecule has 1 fully saturated rings. The molecule has 0 bridgehead atoms. The third kappa shape index (κ3) is 11.6. The lowest BCUT2D eigenvalue weighted by molar-refractivity contribution is -0.274. The van der Waals surface area contributed by atoms with Gasteiger partial charge < -0.3 is 48.9 Å². The molecule has 10 nitrogen and oxygen atoms in total. The Morgan fingerprint density at radius 2 is 0.961 bits per heavy atom. The van der Waals surface area contributed by atoms with Crippen LogP contribution in [0.15, 0.2) is 121 Å². The van der Waals surface area contributed by atoms with E-state index >= 15 is 0 Å². The van der Waals surface area contributed by atoms with Crippen molar-refractivity contribution in [3.8, 4) is 0 Å². The van der Waals surface area contributed by atoms with Crippen LogP contribution in [0.1, 0.15) is 35.1 Å². The Morgan fingerprint density at radius 3 is 1.41 bits per heavy atom. The monoisotopic (exact) mass is 700 g/mol. The van der Waals surface area contributed by atoms with Gasteiger partial charge in [-0.05, 0) is 35.1 Å². The van der Waals surface area contributed by atoms with Gasteiger partial charge in [-0.1, -0.05) is 121 Å². The topological polar surface area (TPSA) is 144 Å². The molecular formula is C41H48O10. The quantitative estimate of drug-likeness (QED) is 0.0994. The van der Waals surface area contributed by atoms with E-state index in [2.05, 4.69) is 0 Å². The molecule has 0 saturated carbocycles. The van der Waals surface area contributed by atoms with Crippen molar-refractivity contribution in [2.45, 2.75) is 94.2 Å². The van der Waals surface area contributed by atoms with Gasteiger partial charge >= 0.3 is 0 Å². The third-order valence-corrected chi connectivity index (χ3v) is 8.96. The maximum absolute atomic E-state index is 11.0. The minimum absolute atomic E-state index is 0.0434. The van der Waals surface area contributed by atoms with Crippen molar-refractivity contribution < 1.29 is 48.9 Å². The van der Waals surface area contributed by atoms with E-state index in [1.807, 2.05) is 121 Å². The van der Waals surface area contributed by atoms with Gasteiger partial charge in [0.05, 0.1) is 45.2 Å². The average Bonchev–Trinajstić information content (AvgIpc) is 3.18. The Hall–Kier alpha value is -3.81. The highest BCUT2D eigenvalue weighted by Crippen LogP contribution is 2.33. The molecule has 4 N–H and O–H groups in total. The number of rotatable bonds is 20. The van der Waals surface area contributed by atoms with Crippen LogP contribution in [0.25, 0.3) is 0 Å². The Kier molecular flexibility index (Phi) is 15.3. The molecule has 4 aromatic carbocycles. The Balaban J connectivity index is 1.44. The maximum Gasteiger partial charge on any atom is 0.151 e. The fourth-order valence-electron chi connectivity index (χ4n) is 6.13. The van der Waals surface area contributed by atoms with Crippen LogP contribution in [0.3, 0.4) is 0 Å². The zero-order valence-corrected chi connectivity index (χ0v) is 28.5. The van der Waals surface area contributed by atoms with Crippen molar-refractivity contribution in [3.63, 3.8) is 0 Å². The second kappa shape index (κ2) is 20.3. The average molecular weight is 701 g/mol. The number of hydrogen-bond acceptors (Lipinski definition) is 10. The number of ether oxygens (including phenoxy) is 5. The summed E-state index contributed by atoms with van der Waals surface area (Å²) < 4.78 is 33.0. The van der Waals surface area contributed by atoms with E-state index < -0.39 is 54.9 Å². The van der Waals surface area contributed by atoms with E-state index in [-0.39, 0.29) is 45.6 Å². The highest BCUT2D eigenvalue weighted by Gasteiger charge is 2.48. The second-order valence-electron chi connectivity index (χ2n) is 12.7. The summed E-state index contributed by atoms with van der Waals surface area (Å²) in [5, 5.41) is 41.3. The number of aldehydes is 1. The van der Waals surface area contributed by atoms with Crippen LogP contribution in [0.4, 0.5) is 0 Å². The standard InChI is InChI=1S/C41H48O10/c42-23-34(44)38(46)37(45)33(43)21-22-35-39(48-25-30-15-7-2-8-16-30)41(50-27-32-19-11-4-12-20-32)40(49-26-31-17-9-3-10-18-31)36(51-35)28-47-24-29-13-5-1-6-14-29/h1-20,23,33-41,43-46H,21-22,24-28H2/t33-,34+,35-,36-,37+,38-,39+,40-,41-/m1/s1. The lowest BCUT2D eigenvalue weighted by atomic mass is 9.90. The molecule has 0 amide bonds. The first-order chi connectivity index (χ1) is 24.9. The first-order valence-electron chi connectivity index (χ1n) is 17.3. The molecule has 0 radical (unpaired) electrons. The van der Waals surface area contributed by atoms with Gasteiger partial charge in [0.15, 0.2) is 6.29 Å². The molecule has 272 valence electrons. The summed E-state index contributed by atoms with van der Waals surface area (Å²) in [4.78, 5) is 11.0. The van der Waals surface area contributed by atoms with Crippen LogP contribution < -0.4 is 0 Å². The van der Waals surface area contributed by atoms with Gasteiger partial charge in [-0.2, -0.15) is 0 Å². The molecule has 0 aliphatic carbocycles. The van der Waals surface area contributed by atoms with Crippen molar-refractivity contribution in [2.24, 2.45) is 0 Å². The lowest BCUT2D eigenvalue weighted by Gasteiger charge is -2.46. The van der Waals surface area contributed by atoms with Gasteiger partial charge in [0, 0.05) is 0 Å². The Bertz CT molecular complexity index is 1530. The normalized spacial score (nSPS) is 22.9. The summed E-state index contributed by atoms with van der Waals surface area (Å²) >= 11 is 0. The molecule has 9 atom stereocenters. The summed E-state index contributed by atoms with van der Waals surface area (Å²) in [6, 6.07) is 39.1. The zero-order valence-electron chi connectivity index (χ0n) is 28.5. The molecule has 0 aromatic heterocycles. The van der Waals surface area contributed by atoms with Crippen LogP contribution in [0.2, 0.25) is 0 Å². The molecule has 1 aliphatic rings. The second-order valence-corrected chi connectivity index (χ2v) is 12.7. The molecule has 0 spiro atoms. The minimum atomic E-state index is -1.85. The van der Waals surface area contributed by atoms with Crippen LogP contribution in [-0.2, 0) is 54.9 Å². The summed E-state index contributed by atoms with van der Waals surface area (Å²) in [5.41, 5.74) is 3.87. The smallest absolute Gasteiger partial charge is 0.151 e. The minimum Gasteiger partial charge on any atom is -0.390 e. The van der Waals surface area contributed by atoms with E-state index in [1.165, 1.54) is 0 Å². The lowest BCUT2D eigenvalue weighted by Crippen LogP contribution is -2.61. The summed E-state index contributed by atoms with van der Waals surface area (Å²) in [6.07, 6.45) is -9.99. The summed E-state index contributed by atoms with van der Waals surface area (Å²) in [5.74, 6) is 0. The van der Waals surface area contributed by atoms with Gasteiger partial charge in [-0.3, -0.25) is 0 Å². The molecular weight excluding hydrogens is 652 g/mol. The van der Waals surface area contributed by atoms with E-state index in [0.29, 0.717) is 6.61 Å². The maximum atomic E-state index is 11.0. The molecule has 10 heteroatoms. The Morgan fingerprint density at radius 1 is 0.549 bits per heavy atom. The van der Waals surface area contributed by atoms with Gasteiger partial charge in [0.1, 0.15) is 42.7 Å². The molecule has 4 aromatic rings. The molecule has 51 heavy (non-hydrogen) atoms. The first kappa shape index (κ1) is 38.4. The van der Waals surface area contributed by atoms with Crippen molar-refractivity contribution in [1.29, 1.82) is 0 Å². The predicted molar refractivity (Wildman–Crippen MR) is 189 cm³/mol. The number of aliphatic hydroxyl groups excluding tert-OH is 4. The van der Waals surface area contributed by atoms with E-state index in [1.54, 1.807) is 0 Å².